The van der Waals surface area contributed by atoms with Gasteiger partial charge in [-0.05, 0) is 12.1 Å². The van der Waals surface area contributed by atoms with Crippen molar-refractivity contribution in [3.05, 3.63) is 57.7 Å². The molecule has 6 nitrogen and oxygen atoms in total. The van der Waals surface area contributed by atoms with Crippen LogP contribution in [0.2, 0.25) is 0 Å². The highest BCUT2D eigenvalue weighted by Crippen LogP contribution is 2.04. The zero-order valence-electron chi connectivity index (χ0n) is 9.30. The molecule has 0 unspecified atom stereocenters. The average molecular weight is 259 g/mol. The molecule has 3 aromatic rings. The molecule has 0 radical (unpaired) electrons. The Bertz CT molecular complexity index is 699. The van der Waals surface area contributed by atoms with E-state index in [9.17, 15) is 4.79 Å². The van der Waals surface area contributed by atoms with Crippen molar-refractivity contribution in [3.63, 3.8) is 0 Å². The molecule has 0 spiro atoms. The van der Waals surface area contributed by atoms with Crippen LogP contribution >= 0.6 is 11.3 Å². The molecule has 0 aliphatic carbocycles. The van der Waals surface area contributed by atoms with Gasteiger partial charge < -0.3 is 0 Å². The lowest BCUT2D eigenvalue weighted by Gasteiger charge is -1.98. The van der Waals surface area contributed by atoms with Crippen LogP contribution in [0.15, 0.2) is 47.0 Å². The Morgan fingerprint density at radius 1 is 1.22 bits per heavy atom. The minimum Gasteiger partial charge on any atom is -0.255 e. The highest BCUT2D eigenvalue weighted by molar-refractivity contribution is 7.06. The number of benzene rings is 1. The molecular weight excluding hydrogens is 250 g/mol. The van der Waals surface area contributed by atoms with Crippen LogP contribution in [0.4, 0.5) is 0 Å². The van der Waals surface area contributed by atoms with Crippen LogP contribution in [0, 0.1) is 0 Å². The first kappa shape index (κ1) is 10.8. The Labute approximate surface area is 106 Å². The molecule has 0 amide bonds. The topological polar surface area (TPSA) is 65.6 Å². The Balaban J connectivity index is 1.87. The van der Waals surface area contributed by atoms with Gasteiger partial charge >= 0.3 is 4.87 Å². The maximum absolute atomic E-state index is 11.4. The normalized spacial score (nSPS) is 10.7. The number of para-hydroxylation sites is 1. The number of hydrogen-bond acceptors (Lipinski definition) is 5. The van der Waals surface area contributed by atoms with Crippen molar-refractivity contribution >= 4 is 11.3 Å². The lowest BCUT2D eigenvalue weighted by Crippen LogP contribution is -2.16. The fourth-order valence-electron chi connectivity index (χ4n) is 1.55. The Kier molecular flexibility index (Phi) is 2.73. The second-order valence-electron chi connectivity index (χ2n) is 3.60. The van der Waals surface area contributed by atoms with Gasteiger partial charge in [-0.3, -0.25) is 4.79 Å². The monoisotopic (exact) mass is 259 g/mol. The van der Waals surface area contributed by atoms with Gasteiger partial charge in [0.05, 0.1) is 5.69 Å². The summed E-state index contributed by atoms with van der Waals surface area (Å²) in [6.45, 7) is 0.294. The van der Waals surface area contributed by atoms with Crippen LogP contribution in [0.25, 0.3) is 5.69 Å². The third kappa shape index (κ3) is 2.07. The predicted molar refractivity (Wildman–Crippen MR) is 66.8 cm³/mol. The van der Waals surface area contributed by atoms with Crippen molar-refractivity contribution in [1.82, 2.24) is 24.5 Å². The summed E-state index contributed by atoms with van der Waals surface area (Å²) in [4.78, 5) is 15.4. The molecule has 0 saturated heterocycles. The van der Waals surface area contributed by atoms with E-state index < -0.39 is 0 Å². The van der Waals surface area contributed by atoms with Crippen molar-refractivity contribution in [3.8, 4) is 5.69 Å². The molecule has 0 N–H and O–H groups in total. The summed E-state index contributed by atoms with van der Waals surface area (Å²) in [7, 11) is 0. The van der Waals surface area contributed by atoms with E-state index >= 15 is 0 Å². The molecule has 0 aliphatic rings. The van der Waals surface area contributed by atoms with E-state index in [1.807, 2.05) is 30.3 Å². The summed E-state index contributed by atoms with van der Waals surface area (Å²) in [5.74, 6) is 0.562. The third-order valence-corrected chi connectivity index (χ3v) is 3.01. The van der Waals surface area contributed by atoms with Gasteiger partial charge in [-0.25, -0.2) is 14.3 Å². The lowest BCUT2D eigenvalue weighted by molar-refractivity contribution is 0.635. The first-order chi connectivity index (χ1) is 8.83. The van der Waals surface area contributed by atoms with E-state index in [2.05, 4.69) is 15.2 Å². The summed E-state index contributed by atoms with van der Waals surface area (Å²) >= 11 is 1.06. The second kappa shape index (κ2) is 4.53. The van der Waals surface area contributed by atoms with Gasteiger partial charge in [0.15, 0.2) is 5.82 Å². The standard InChI is InChI=1S/C11H9N5OS/c17-11-15(13-8-18-11)6-10-12-7-16(14-10)9-4-2-1-3-5-9/h1-5,7-8H,6H2. The van der Waals surface area contributed by atoms with Gasteiger partial charge in [0, 0.05) is 0 Å². The van der Waals surface area contributed by atoms with Gasteiger partial charge in [0.2, 0.25) is 0 Å². The molecule has 18 heavy (non-hydrogen) atoms. The van der Waals surface area contributed by atoms with Gasteiger partial charge in [0.25, 0.3) is 0 Å². The molecule has 0 aliphatic heterocycles. The van der Waals surface area contributed by atoms with Crippen molar-refractivity contribution in [2.75, 3.05) is 0 Å². The molecule has 0 fully saturated rings. The van der Waals surface area contributed by atoms with Crippen LogP contribution in [0.3, 0.4) is 0 Å². The van der Waals surface area contributed by atoms with Crippen LogP contribution in [-0.4, -0.2) is 24.5 Å². The van der Waals surface area contributed by atoms with E-state index in [-0.39, 0.29) is 4.87 Å². The zero-order chi connectivity index (χ0) is 12.4. The van der Waals surface area contributed by atoms with Crippen LogP contribution < -0.4 is 4.87 Å². The van der Waals surface area contributed by atoms with E-state index in [0.29, 0.717) is 12.4 Å². The van der Waals surface area contributed by atoms with E-state index in [1.165, 1.54) is 10.2 Å². The van der Waals surface area contributed by atoms with Crippen molar-refractivity contribution in [2.45, 2.75) is 6.54 Å². The molecule has 90 valence electrons. The largest absolute Gasteiger partial charge is 0.325 e. The molecule has 3 rings (SSSR count). The van der Waals surface area contributed by atoms with Gasteiger partial charge in [0.1, 0.15) is 18.4 Å². The van der Waals surface area contributed by atoms with Crippen molar-refractivity contribution in [1.29, 1.82) is 0 Å². The molecule has 2 heterocycles. The van der Waals surface area contributed by atoms with E-state index in [1.54, 1.807) is 11.0 Å². The Morgan fingerprint density at radius 3 is 2.78 bits per heavy atom. The van der Waals surface area contributed by atoms with Gasteiger partial charge in [-0.1, -0.05) is 29.5 Å². The molecule has 0 atom stereocenters. The minimum atomic E-state index is -0.105. The highest BCUT2D eigenvalue weighted by Gasteiger charge is 2.05. The maximum Gasteiger partial charge on any atom is 0.325 e. The minimum absolute atomic E-state index is 0.105. The SMILES string of the molecule is O=c1scnn1Cc1ncn(-c2ccccc2)n1. The molecule has 7 heteroatoms. The maximum atomic E-state index is 11.4. The number of hydrogen-bond donors (Lipinski definition) is 0. The third-order valence-electron chi connectivity index (χ3n) is 2.40. The quantitative estimate of drug-likeness (QED) is 0.702. The molecule has 1 aromatic carbocycles. The number of rotatable bonds is 3. The van der Waals surface area contributed by atoms with Crippen LogP contribution in [-0.2, 0) is 6.54 Å². The molecular formula is C11H9N5OS. The zero-order valence-corrected chi connectivity index (χ0v) is 10.1. The van der Waals surface area contributed by atoms with Crippen LogP contribution in [0.1, 0.15) is 5.82 Å². The van der Waals surface area contributed by atoms with Gasteiger partial charge in [-0.2, -0.15) is 5.10 Å². The van der Waals surface area contributed by atoms with Gasteiger partial charge in [-0.15, -0.1) is 5.10 Å². The van der Waals surface area contributed by atoms with E-state index in [0.717, 1.165) is 17.0 Å². The van der Waals surface area contributed by atoms with Crippen molar-refractivity contribution in [2.24, 2.45) is 0 Å². The van der Waals surface area contributed by atoms with Crippen LogP contribution in [0.5, 0.6) is 0 Å². The number of nitrogens with zero attached hydrogens (tertiary/aromatic N) is 5. The summed E-state index contributed by atoms with van der Waals surface area (Å²) in [6.07, 6.45) is 1.63. The summed E-state index contributed by atoms with van der Waals surface area (Å²) in [6, 6.07) is 9.68. The summed E-state index contributed by atoms with van der Waals surface area (Å²) in [5, 5.41) is 8.23. The smallest absolute Gasteiger partial charge is 0.255 e. The fourth-order valence-corrected chi connectivity index (χ4v) is 2.03. The first-order valence-corrected chi connectivity index (χ1v) is 6.17. The summed E-state index contributed by atoms with van der Waals surface area (Å²) in [5.41, 5.74) is 2.44. The predicted octanol–water partition coefficient (Wildman–Crippen LogP) is 0.934. The molecule has 2 aromatic heterocycles. The fraction of sp³-hybridized carbons (Fsp3) is 0.0909. The Hall–Kier alpha value is -2.28. The average Bonchev–Trinajstić information content (AvgIpc) is 3.02. The first-order valence-electron chi connectivity index (χ1n) is 5.29. The number of aromatic nitrogens is 5. The second-order valence-corrected chi connectivity index (χ2v) is 4.40. The summed E-state index contributed by atoms with van der Waals surface area (Å²) < 4.78 is 3.02. The van der Waals surface area contributed by atoms with E-state index in [4.69, 9.17) is 0 Å². The van der Waals surface area contributed by atoms with Crippen molar-refractivity contribution < 1.29 is 0 Å². The lowest BCUT2D eigenvalue weighted by atomic mass is 10.3. The highest BCUT2D eigenvalue weighted by atomic mass is 32.1. The molecule has 0 saturated carbocycles. The molecule has 0 bridgehead atoms. The Morgan fingerprint density at radius 2 is 2.06 bits per heavy atom.